The van der Waals surface area contributed by atoms with Crippen LogP contribution in [0, 0.1) is 11.7 Å². The second-order valence-corrected chi connectivity index (χ2v) is 13.6. The van der Waals surface area contributed by atoms with Gasteiger partial charge < -0.3 is 15.4 Å². The summed E-state index contributed by atoms with van der Waals surface area (Å²) >= 11 is 0. The van der Waals surface area contributed by atoms with Crippen molar-refractivity contribution in [3.63, 3.8) is 0 Å². The Balaban J connectivity index is 1.20. The molecule has 0 amide bonds. The fourth-order valence-corrected chi connectivity index (χ4v) is 6.45. The molecule has 1 aromatic carbocycles. The zero-order chi connectivity index (χ0) is 31.8. The number of imidazole rings is 1. The topological polar surface area (TPSA) is 174 Å². The van der Waals surface area contributed by atoms with E-state index in [1.165, 1.54) is 18.6 Å². The van der Waals surface area contributed by atoms with Crippen molar-refractivity contribution in [2.24, 2.45) is 5.92 Å². The van der Waals surface area contributed by atoms with Crippen LogP contribution in [0.5, 0.6) is 0 Å². The Bertz CT molecular complexity index is 2160. The number of hydrogen-bond donors (Lipinski definition) is 5. The Labute approximate surface area is 264 Å². The number of aromatic amines is 2. The number of pyridine rings is 3. The van der Waals surface area contributed by atoms with E-state index in [4.69, 9.17) is 4.98 Å². The van der Waals surface area contributed by atoms with Crippen LogP contribution in [0.15, 0.2) is 61.2 Å². The number of benzene rings is 1. The van der Waals surface area contributed by atoms with Gasteiger partial charge in [-0.15, -0.1) is 0 Å². The summed E-state index contributed by atoms with van der Waals surface area (Å²) in [6.07, 6.45) is 12.7. The summed E-state index contributed by atoms with van der Waals surface area (Å²) in [5.41, 5.74) is 6.01. The van der Waals surface area contributed by atoms with Gasteiger partial charge in [-0.05, 0) is 54.8 Å². The number of fused-ring (bicyclic) bond motifs is 2. The molecule has 12 nitrogen and oxygen atoms in total. The zero-order valence-corrected chi connectivity index (χ0v) is 25.8. The van der Waals surface area contributed by atoms with Gasteiger partial charge >= 0.3 is 0 Å². The molecule has 7 rings (SSSR count). The third kappa shape index (κ3) is 6.32. The van der Waals surface area contributed by atoms with Crippen LogP contribution in [0.3, 0.4) is 0 Å². The number of hydrogen-bond acceptors (Lipinski definition) is 9. The molecule has 1 atom stereocenters. The van der Waals surface area contributed by atoms with Gasteiger partial charge in [0, 0.05) is 47.7 Å². The molecule has 1 unspecified atom stereocenters. The molecule has 1 aliphatic rings. The predicted molar refractivity (Wildman–Crippen MR) is 173 cm³/mol. The average Bonchev–Trinajstić information content (AvgIpc) is 3.68. The highest BCUT2D eigenvalue weighted by Gasteiger charge is 2.22. The number of anilines is 1. The molecule has 6 aromatic rings. The summed E-state index contributed by atoms with van der Waals surface area (Å²) in [7, 11) is -3.46. The molecule has 14 heteroatoms. The van der Waals surface area contributed by atoms with Crippen LogP contribution in [0.4, 0.5) is 10.1 Å². The smallest absolute Gasteiger partial charge is 0.209 e. The van der Waals surface area contributed by atoms with Gasteiger partial charge in [-0.25, -0.2) is 27.5 Å². The third-order valence-electron chi connectivity index (χ3n) is 8.30. The first-order chi connectivity index (χ1) is 22.2. The first kappa shape index (κ1) is 29.9. The number of aliphatic hydroxyl groups is 1. The number of halogens is 1. The van der Waals surface area contributed by atoms with Crippen LogP contribution >= 0.6 is 0 Å². The molecule has 5 aromatic heterocycles. The van der Waals surface area contributed by atoms with Crippen LogP contribution in [-0.2, 0) is 16.6 Å². The number of nitrogens with zero attached hydrogens (tertiary/aromatic N) is 5. The van der Waals surface area contributed by atoms with E-state index in [9.17, 15) is 17.9 Å². The minimum absolute atomic E-state index is 0.0591. The lowest BCUT2D eigenvalue weighted by Crippen LogP contribution is -2.30. The second kappa shape index (κ2) is 12.2. The van der Waals surface area contributed by atoms with Crippen molar-refractivity contribution in [1.29, 1.82) is 0 Å². The number of sulfonamides is 1. The highest BCUT2D eigenvalue weighted by atomic mass is 32.2. The lowest BCUT2D eigenvalue weighted by Gasteiger charge is -2.27. The molecule has 0 bridgehead atoms. The Morgan fingerprint density at radius 3 is 2.67 bits per heavy atom. The van der Waals surface area contributed by atoms with Gasteiger partial charge in [-0.3, -0.25) is 15.1 Å². The summed E-state index contributed by atoms with van der Waals surface area (Å²) in [6, 6.07) is 9.98. The lowest BCUT2D eigenvalue weighted by molar-refractivity contribution is 0.109. The van der Waals surface area contributed by atoms with Crippen LogP contribution in [0.1, 0.15) is 37.7 Å². The molecule has 0 radical (unpaired) electrons. The van der Waals surface area contributed by atoms with Gasteiger partial charge in [0.2, 0.25) is 10.0 Å². The minimum Gasteiger partial charge on any atom is -0.374 e. The highest BCUT2D eigenvalue weighted by Crippen LogP contribution is 2.33. The van der Waals surface area contributed by atoms with Crippen molar-refractivity contribution in [2.45, 2.75) is 44.9 Å². The van der Waals surface area contributed by atoms with E-state index in [-0.39, 0.29) is 12.5 Å². The molecule has 0 saturated heterocycles. The van der Waals surface area contributed by atoms with Crippen LogP contribution < -0.4 is 10.0 Å². The highest BCUT2D eigenvalue weighted by molar-refractivity contribution is 7.88. The standard InChI is InChI=1S/C32H32FN9O3S/c1-46(44,45)37-14-18-9-20(11-23(33)10-18)27-29-26(7-8-35-27)39-31(40-29)28-25-13-22(16-36-30(25)42-41-28)21-12-24(17-34-15-21)38-32(43)19-5-3-2-4-6-19/h7-13,15-17,19,32,37-38,43H,2-6,14H2,1H3,(H,39,40)(H,36,41,42). The van der Waals surface area contributed by atoms with E-state index in [0.717, 1.165) is 54.1 Å². The van der Waals surface area contributed by atoms with E-state index in [1.807, 2.05) is 12.1 Å². The van der Waals surface area contributed by atoms with Gasteiger partial charge in [-0.1, -0.05) is 19.3 Å². The quantitative estimate of drug-likeness (QED) is 0.134. The van der Waals surface area contributed by atoms with Gasteiger partial charge in [0.15, 0.2) is 11.5 Å². The van der Waals surface area contributed by atoms with Gasteiger partial charge in [-0.2, -0.15) is 5.10 Å². The Hall–Kier alpha value is -4.79. The molecule has 5 N–H and O–H groups in total. The molecule has 0 spiro atoms. The molecule has 1 fully saturated rings. The van der Waals surface area contributed by atoms with Crippen molar-refractivity contribution in [2.75, 3.05) is 11.6 Å². The SMILES string of the molecule is CS(=O)(=O)NCc1cc(F)cc(-c2nccc3[nH]c(-c4[nH]nc5ncc(-c6cncc(NC(O)C7CCCCC7)c6)cc45)nc23)c1. The van der Waals surface area contributed by atoms with Crippen LogP contribution in [0.25, 0.3) is 56.0 Å². The molecule has 1 aliphatic carbocycles. The second-order valence-electron chi connectivity index (χ2n) is 11.7. The monoisotopic (exact) mass is 641 g/mol. The summed E-state index contributed by atoms with van der Waals surface area (Å²) < 4.78 is 40.2. The van der Waals surface area contributed by atoms with Gasteiger partial charge in [0.05, 0.1) is 34.7 Å². The third-order valence-corrected chi connectivity index (χ3v) is 8.97. The van der Waals surface area contributed by atoms with Gasteiger partial charge in [0.1, 0.15) is 23.3 Å². The van der Waals surface area contributed by atoms with Crippen LogP contribution in [0.2, 0.25) is 0 Å². The first-order valence-electron chi connectivity index (χ1n) is 15.0. The maximum absolute atomic E-state index is 14.6. The largest absolute Gasteiger partial charge is 0.374 e. The fraction of sp³-hybridized carbons (Fsp3) is 0.281. The molecular weight excluding hydrogens is 609 g/mol. The number of rotatable bonds is 9. The predicted octanol–water partition coefficient (Wildman–Crippen LogP) is 5.12. The zero-order valence-electron chi connectivity index (χ0n) is 25.0. The molecule has 46 heavy (non-hydrogen) atoms. The normalized spacial score (nSPS) is 15.0. The Morgan fingerprint density at radius 1 is 1.02 bits per heavy atom. The van der Waals surface area contributed by atoms with Crippen molar-refractivity contribution in [3.05, 3.63) is 72.6 Å². The van der Waals surface area contributed by atoms with Crippen molar-refractivity contribution < 1.29 is 17.9 Å². The number of nitrogens with one attached hydrogen (secondary N) is 4. The molecule has 5 heterocycles. The van der Waals surface area contributed by atoms with E-state index in [1.54, 1.807) is 36.9 Å². The average molecular weight is 642 g/mol. The lowest BCUT2D eigenvalue weighted by atomic mass is 9.88. The Morgan fingerprint density at radius 2 is 1.85 bits per heavy atom. The molecule has 236 valence electrons. The van der Waals surface area contributed by atoms with E-state index in [0.29, 0.717) is 45.0 Å². The number of aliphatic hydroxyl groups excluding tert-OH is 1. The maximum Gasteiger partial charge on any atom is 0.209 e. The number of H-pyrrole nitrogens is 2. The molecular formula is C32H32FN9O3S. The first-order valence-corrected chi connectivity index (χ1v) is 16.9. The van der Waals surface area contributed by atoms with Crippen molar-refractivity contribution in [1.82, 2.24) is 39.8 Å². The molecule has 0 aliphatic heterocycles. The molecule has 1 saturated carbocycles. The minimum atomic E-state index is -3.46. The summed E-state index contributed by atoms with van der Waals surface area (Å²) in [4.78, 5) is 21.6. The van der Waals surface area contributed by atoms with E-state index in [2.05, 4.69) is 40.2 Å². The van der Waals surface area contributed by atoms with Gasteiger partial charge in [0.25, 0.3) is 0 Å². The van der Waals surface area contributed by atoms with Crippen molar-refractivity contribution in [3.8, 4) is 33.9 Å². The summed E-state index contributed by atoms with van der Waals surface area (Å²) in [5, 5.41) is 22.1. The summed E-state index contributed by atoms with van der Waals surface area (Å²) in [5.74, 6) is 0.196. The Kier molecular flexibility index (Phi) is 7.92. The summed E-state index contributed by atoms with van der Waals surface area (Å²) in [6.45, 7) is -0.0591. The number of aromatic nitrogens is 7. The van der Waals surface area contributed by atoms with Crippen LogP contribution in [-0.4, -0.2) is 61.1 Å². The van der Waals surface area contributed by atoms with Crippen molar-refractivity contribution >= 4 is 37.8 Å². The fourth-order valence-electron chi connectivity index (χ4n) is 6.02. The van der Waals surface area contributed by atoms with E-state index >= 15 is 0 Å². The van der Waals surface area contributed by atoms with E-state index < -0.39 is 22.1 Å². The maximum atomic E-state index is 14.6.